The average Bonchev–Trinajstić information content (AvgIpc) is 2.84. The van der Waals surface area contributed by atoms with Crippen LogP contribution in [0.15, 0.2) is 18.2 Å². The van der Waals surface area contributed by atoms with Crippen LogP contribution in [0.4, 0.5) is 0 Å². The Labute approximate surface area is 152 Å². The van der Waals surface area contributed by atoms with E-state index in [1.807, 2.05) is 6.07 Å². The van der Waals surface area contributed by atoms with Gasteiger partial charge >= 0.3 is 0 Å². The van der Waals surface area contributed by atoms with Crippen molar-refractivity contribution in [3.05, 3.63) is 33.8 Å². The van der Waals surface area contributed by atoms with Gasteiger partial charge in [-0.3, -0.25) is 4.79 Å². The molecule has 23 heavy (non-hydrogen) atoms. The highest BCUT2D eigenvalue weighted by Crippen LogP contribution is 2.45. The number of aliphatic hydroxyl groups is 1. The van der Waals surface area contributed by atoms with Crippen LogP contribution in [-0.4, -0.2) is 36.8 Å². The zero-order valence-electron chi connectivity index (χ0n) is 12.6. The number of β-amino-alcohol motifs (C(OH)–C–C–N with tert-alkyl or cyclic N) is 1. The Morgan fingerprint density at radius 3 is 2.57 bits per heavy atom. The van der Waals surface area contributed by atoms with Crippen LogP contribution in [0.2, 0.25) is 10.0 Å². The molecule has 3 rings (SSSR count). The Kier molecular flexibility index (Phi) is 6.20. The molecule has 2 aliphatic rings. The van der Waals surface area contributed by atoms with Crippen molar-refractivity contribution in [2.24, 2.45) is 5.92 Å². The third-order valence-corrected chi connectivity index (χ3v) is 5.68. The summed E-state index contributed by atoms with van der Waals surface area (Å²) in [5.74, 6) is 0.103. The van der Waals surface area contributed by atoms with Gasteiger partial charge in [-0.15, -0.1) is 12.4 Å². The molecule has 7 heteroatoms. The van der Waals surface area contributed by atoms with Crippen molar-refractivity contribution in [3.63, 3.8) is 0 Å². The van der Waals surface area contributed by atoms with E-state index in [0.29, 0.717) is 23.1 Å². The number of hydrogen-bond acceptors (Lipinski definition) is 3. The molecular weight excluding hydrogens is 359 g/mol. The molecule has 3 N–H and O–H groups in total. The number of carbonyl (C=O) groups excluding carboxylic acids is 1. The fraction of sp³-hybridized carbons (Fsp3) is 0.562. The third-order valence-electron chi connectivity index (χ3n) is 4.94. The first-order valence-corrected chi connectivity index (χ1v) is 8.41. The molecule has 0 aromatic heterocycles. The van der Waals surface area contributed by atoms with Crippen molar-refractivity contribution in [2.45, 2.75) is 30.8 Å². The van der Waals surface area contributed by atoms with Gasteiger partial charge in [-0.25, -0.2) is 0 Å². The number of carbonyl (C=O) groups is 1. The lowest BCUT2D eigenvalue weighted by Crippen LogP contribution is -2.50. The van der Waals surface area contributed by atoms with E-state index in [0.717, 1.165) is 31.4 Å². The Morgan fingerprint density at radius 1 is 1.30 bits per heavy atom. The molecule has 1 aromatic rings. The third kappa shape index (κ3) is 3.62. The first-order valence-electron chi connectivity index (χ1n) is 7.65. The summed E-state index contributed by atoms with van der Waals surface area (Å²) in [7, 11) is 0. The minimum Gasteiger partial charge on any atom is -0.391 e. The van der Waals surface area contributed by atoms with Crippen molar-refractivity contribution >= 4 is 41.5 Å². The van der Waals surface area contributed by atoms with Crippen LogP contribution in [0.25, 0.3) is 0 Å². The van der Waals surface area contributed by atoms with Crippen LogP contribution in [0.1, 0.15) is 24.8 Å². The van der Waals surface area contributed by atoms with Crippen LogP contribution >= 0.6 is 35.6 Å². The van der Waals surface area contributed by atoms with Gasteiger partial charge in [0.15, 0.2) is 0 Å². The largest absolute Gasteiger partial charge is 0.391 e. The van der Waals surface area contributed by atoms with E-state index in [-0.39, 0.29) is 30.3 Å². The Hall–Kier alpha value is -0.520. The Balaban J connectivity index is 0.00000192. The normalized spacial score (nSPS) is 25.3. The molecule has 128 valence electrons. The highest BCUT2D eigenvalue weighted by atomic mass is 35.5. The highest BCUT2D eigenvalue weighted by molar-refractivity contribution is 6.42. The summed E-state index contributed by atoms with van der Waals surface area (Å²) in [6, 6.07) is 5.44. The molecule has 2 atom stereocenters. The number of amides is 1. The smallest absolute Gasteiger partial charge is 0.230 e. The van der Waals surface area contributed by atoms with E-state index in [1.54, 1.807) is 12.1 Å². The van der Waals surface area contributed by atoms with Crippen LogP contribution in [-0.2, 0) is 10.2 Å². The molecule has 1 aliphatic carbocycles. The van der Waals surface area contributed by atoms with Crippen molar-refractivity contribution < 1.29 is 9.90 Å². The molecule has 1 saturated carbocycles. The maximum Gasteiger partial charge on any atom is 0.230 e. The summed E-state index contributed by atoms with van der Waals surface area (Å²) in [4.78, 5) is 12.7. The number of benzene rings is 1. The van der Waals surface area contributed by atoms with Gasteiger partial charge in [-0.1, -0.05) is 35.7 Å². The van der Waals surface area contributed by atoms with Crippen LogP contribution < -0.4 is 10.6 Å². The van der Waals surface area contributed by atoms with Crippen LogP contribution in [0.5, 0.6) is 0 Å². The summed E-state index contributed by atoms with van der Waals surface area (Å²) in [6.07, 6.45) is 2.29. The van der Waals surface area contributed by atoms with Gasteiger partial charge in [0.1, 0.15) is 0 Å². The van der Waals surface area contributed by atoms with E-state index in [2.05, 4.69) is 10.6 Å². The fourth-order valence-corrected chi connectivity index (χ4v) is 3.59. The van der Waals surface area contributed by atoms with Crippen LogP contribution in [0.3, 0.4) is 0 Å². The number of hydrogen-bond donors (Lipinski definition) is 3. The van der Waals surface area contributed by atoms with E-state index in [9.17, 15) is 9.90 Å². The van der Waals surface area contributed by atoms with Crippen molar-refractivity contribution in [3.8, 4) is 0 Å². The molecule has 0 bridgehead atoms. The quantitative estimate of drug-likeness (QED) is 0.753. The monoisotopic (exact) mass is 378 g/mol. The number of nitrogens with one attached hydrogen (secondary N) is 2. The van der Waals surface area contributed by atoms with Crippen molar-refractivity contribution in [2.75, 3.05) is 19.6 Å². The first-order chi connectivity index (χ1) is 10.5. The van der Waals surface area contributed by atoms with Gasteiger partial charge in [0.25, 0.3) is 0 Å². The molecule has 0 spiro atoms. The second-order valence-corrected chi connectivity index (χ2v) is 7.07. The summed E-state index contributed by atoms with van der Waals surface area (Å²) in [5.41, 5.74) is 0.432. The topological polar surface area (TPSA) is 61.4 Å². The number of aliphatic hydroxyl groups excluding tert-OH is 1. The lowest BCUT2D eigenvalue weighted by molar-refractivity contribution is -0.130. The second-order valence-electron chi connectivity index (χ2n) is 6.26. The van der Waals surface area contributed by atoms with Gasteiger partial charge in [0.2, 0.25) is 5.91 Å². The molecule has 1 saturated heterocycles. The lowest BCUT2D eigenvalue weighted by Gasteiger charge is -2.41. The minimum atomic E-state index is -0.495. The molecule has 1 aliphatic heterocycles. The van der Waals surface area contributed by atoms with Gasteiger partial charge in [-0.2, -0.15) is 0 Å². The number of halogens is 3. The predicted molar refractivity (Wildman–Crippen MR) is 94.6 cm³/mol. The summed E-state index contributed by atoms with van der Waals surface area (Å²) in [6.45, 7) is 1.83. The molecule has 1 amide bonds. The molecular formula is C16H21Cl3N2O2. The standard InChI is InChI=1S/C16H20Cl2N2O2.ClH/c17-12-3-2-11(6-13(12)18)16(4-1-5-16)15(22)20-8-10-7-19-9-14(10)21;/h2-3,6,10,14,19,21H,1,4-5,7-9H2,(H,20,22);1H. The zero-order chi connectivity index (χ0) is 15.7. The Bertz CT molecular complexity index is 578. The fourth-order valence-electron chi connectivity index (χ4n) is 3.29. The summed E-state index contributed by atoms with van der Waals surface area (Å²) in [5, 5.41) is 16.9. The van der Waals surface area contributed by atoms with E-state index in [4.69, 9.17) is 23.2 Å². The van der Waals surface area contributed by atoms with Gasteiger partial charge in [0, 0.05) is 25.6 Å². The van der Waals surface area contributed by atoms with E-state index < -0.39 is 5.41 Å². The van der Waals surface area contributed by atoms with Crippen molar-refractivity contribution in [1.29, 1.82) is 0 Å². The minimum absolute atomic E-state index is 0. The summed E-state index contributed by atoms with van der Waals surface area (Å²) < 4.78 is 0. The molecule has 2 unspecified atom stereocenters. The predicted octanol–water partition coefficient (Wildman–Crippen LogP) is 2.53. The Morgan fingerprint density at radius 2 is 2.04 bits per heavy atom. The summed E-state index contributed by atoms with van der Waals surface area (Å²) >= 11 is 12.1. The van der Waals surface area contributed by atoms with Gasteiger partial charge in [0.05, 0.1) is 21.6 Å². The molecule has 0 radical (unpaired) electrons. The zero-order valence-corrected chi connectivity index (χ0v) is 15.0. The molecule has 4 nitrogen and oxygen atoms in total. The maximum absolute atomic E-state index is 12.7. The van der Waals surface area contributed by atoms with E-state index in [1.165, 1.54) is 0 Å². The van der Waals surface area contributed by atoms with Gasteiger partial charge < -0.3 is 15.7 Å². The number of rotatable bonds is 4. The average molecular weight is 380 g/mol. The first kappa shape index (κ1) is 18.8. The molecule has 2 fully saturated rings. The lowest BCUT2D eigenvalue weighted by atomic mass is 9.63. The second kappa shape index (κ2) is 7.58. The van der Waals surface area contributed by atoms with E-state index >= 15 is 0 Å². The van der Waals surface area contributed by atoms with Crippen LogP contribution in [0, 0.1) is 5.92 Å². The highest BCUT2D eigenvalue weighted by Gasteiger charge is 2.46. The SMILES string of the molecule is Cl.O=C(NCC1CNCC1O)C1(c2ccc(Cl)c(Cl)c2)CCC1. The molecule has 1 aromatic carbocycles. The molecule has 1 heterocycles. The van der Waals surface area contributed by atoms with Crippen molar-refractivity contribution in [1.82, 2.24) is 10.6 Å². The van der Waals surface area contributed by atoms with Gasteiger partial charge in [-0.05, 0) is 30.5 Å². The maximum atomic E-state index is 12.7.